The molecule has 0 amide bonds. The Kier molecular flexibility index (Phi) is 15.2. The standard InChI is InChI=1S/C17H39N3/c1-5-9-14-20(15-10-6-2)16-11-12-18-13-17-19(7-3)8-4/h18H,5-17H2,1-4H3. The third-order valence-corrected chi connectivity index (χ3v) is 3.98. The molecule has 0 saturated heterocycles. The minimum Gasteiger partial charge on any atom is -0.315 e. The molecule has 0 aliphatic carbocycles. The van der Waals surface area contributed by atoms with Crippen molar-refractivity contribution in [2.24, 2.45) is 0 Å². The second-order valence-corrected chi connectivity index (χ2v) is 5.68. The Bertz CT molecular complexity index is 173. The molecule has 1 N–H and O–H groups in total. The van der Waals surface area contributed by atoms with E-state index >= 15 is 0 Å². The van der Waals surface area contributed by atoms with Gasteiger partial charge in [-0.05, 0) is 58.5 Å². The predicted octanol–water partition coefficient (Wildman–Crippen LogP) is 3.21. The van der Waals surface area contributed by atoms with Crippen LogP contribution >= 0.6 is 0 Å². The Morgan fingerprint density at radius 2 is 1.15 bits per heavy atom. The van der Waals surface area contributed by atoms with Crippen molar-refractivity contribution in [3.05, 3.63) is 0 Å². The lowest BCUT2D eigenvalue weighted by Crippen LogP contribution is -2.34. The van der Waals surface area contributed by atoms with Crippen LogP contribution in [0.3, 0.4) is 0 Å². The first-order valence-electron chi connectivity index (χ1n) is 8.93. The molecule has 0 radical (unpaired) electrons. The van der Waals surface area contributed by atoms with Gasteiger partial charge in [-0.2, -0.15) is 0 Å². The number of nitrogens with one attached hydrogen (secondary N) is 1. The summed E-state index contributed by atoms with van der Waals surface area (Å²) in [5, 5.41) is 3.58. The average Bonchev–Trinajstić information content (AvgIpc) is 2.48. The Labute approximate surface area is 128 Å². The van der Waals surface area contributed by atoms with E-state index in [2.05, 4.69) is 42.8 Å². The molecule has 0 fully saturated rings. The van der Waals surface area contributed by atoms with Crippen molar-refractivity contribution in [2.75, 3.05) is 52.4 Å². The van der Waals surface area contributed by atoms with E-state index in [0.29, 0.717) is 0 Å². The molecular weight excluding hydrogens is 246 g/mol. The summed E-state index contributed by atoms with van der Waals surface area (Å²) >= 11 is 0. The van der Waals surface area contributed by atoms with E-state index in [1.807, 2.05) is 0 Å². The zero-order chi connectivity index (χ0) is 15.1. The van der Waals surface area contributed by atoms with E-state index in [0.717, 1.165) is 13.1 Å². The van der Waals surface area contributed by atoms with E-state index in [9.17, 15) is 0 Å². The molecule has 3 heteroatoms. The van der Waals surface area contributed by atoms with E-state index in [4.69, 9.17) is 0 Å². The fourth-order valence-electron chi connectivity index (χ4n) is 2.43. The molecule has 0 heterocycles. The van der Waals surface area contributed by atoms with E-state index in [1.165, 1.54) is 71.4 Å². The van der Waals surface area contributed by atoms with Crippen LogP contribution in [0.25, 0.3) is 0 Å². The van der Waals surface area contributed by atoms with E-state index in [1.54, 1.807) is 0 Å². The summed E-state index contributed by atoms with van der Waals surface area (Å²) in [4.78, 5) is 5.13. The highest BCUT2D eigenvalue weighted by molar-refractivity contribution is 4.61. The summed E-state index contributed by atoms with van der Waals surface area (Å²) < 4.78 is 0. The van der Waals surface area contributed by atoms with Crippen molar-refractivity contribution in [1.29, 1.82) is 0 Å². The van der Waals surface area contributed by atoms with Gasteiger partial charge in [-0.15, -0.1) is 0 Å². The first-order valence-corrected chi connectivity index (χ1v) is 8.93. The smallest absolute Gasteiger partial charge is 0.0107 e. The van der Waals surface area contributed by atoms with Crippen LogP contribution in [-0.2, 0) is 0 Å². The Balaban J connectivity index is 3.56. The quantitative estimate of drug-likeness (QED) is 0.466. The van der Waals surface area contributed by atoms with Gasteiger partial charge in [0.15, 0.2) is 0 Å². The van der Waals surface area contributed by atoms with Crippen molar-refractivity contribution in [1.82, 2.24) is 15.1 Å². The van der Waals surface area contributed by atoms with Gasteiger partial charge in [-0.3, -0.25) is 0 Å². The van der Waals surface area contributed by atoms with Crippen LogP contribution in [0, 0.1) is 0 Å². The normalized spacial score (nSPS) is 11.7. The zero-order valence-electron chi connectivity index (χ0n) is 14.6. The molecule has 0 atom stereocenters. The van der Waals surface area contributed by atoms with Crippen molar-refractivity contribution < 1.29 is 0 Å². The number of rotatable bonds is 15. The molecule has 0 saturated carbocycles. The molecule has 0 unspecified atom stereocenters. The van der Waals surface area contributed by atoms with Gasteiger partial charge >= 0.3 is 0 Å². The summed E-state index contributed by atoms with van der Waals surface area (Å²) in [7, 11) is 0. The number of nitrogens with zero attached hydrogens (tertiary/aromatic N) is 2. The third-order valence-electron chi connectivity index (χ3n) is 3.98. The fraction of sp³-hybridized carbons (Fsp3) is 1.00. The maximum absolute atomic E-state index is 3.58. The molecule has 0 spiro atoms. The molecule has 20 heavy (non-hydrogen) atoms. The van der Waals surface area contributed by atoms with Crippen LogP contribution in [0.4, 0.5) is 0 Å². The molecular formula is C17H39N3. The molecule has 0 aliphatic rings. The summed E-state index contributed by atoms with van der Waals surface area (Å²) in [6, 6.07) is 0. The minimum atomic E-state index is 1.13. The highest BCUT2D eigenvalue weighted by Crippen LogP contribution is 2.00. The van der Waals surface area contributed by atoms with Crippen molar-refractivity contribution in [3.63, 3.8) is 0 Å². The highest BCUT2D eigenvalue weighted by atomic mass is 15.1. The SMILES string of the molecule is CCCCN(CCCC)CCCNCCN(CC)CC. The first-order chi connectivity index (χ1) is 9.78. The van der Waals surface area contributed by atoms with Crippen LogP contribution in [0.1, 0.15) is 59.8 Å². The maximum atomic E-state index is 3.58. The summed E-state index contributed by atoms with van der Waals surface area (Å²) in [5.41, 5.74) is 0. The second-order valence-electron chi connectivity index (χ2n) is 5.68. The molecule has 0 aromatic rings. The number of hydrogen-bond donors (Lipinski definition) is 1. The highest BCUT2D eigenvalue weighted by Gasteiger charge is 2.03. The van der Waals surface area contributed by atoms with Gasteiger partial charge in [-0.1, -0.05) is 40.5 Å². The Morgan fingerprint density at radius 1 is 0.600 bits per heavy atom. The van der Waals surface area contributed by atoms with Crippen LogP contribution in [0.2, 0.25) is 0 Å². The van der Waals surface area contributed by atoms with Crippen LogP contribution < -0.4 is 5.32 Å². The monoisotopic (exact) mass is 285 g/mol. The Hall–Kier alpha value is -0.120. The lowest BCUT2D eigenvalue weighted by Gasteiger charge is -2.22. The average molecular weight is 286 g/mol. The van der Waals surface area contributed by atoms with Crippen molar-refractivity contribution in [3.8, 4) is 0 Å². The van der Waals surface area contributed by atoms with E-state index in [-0.39, 0.29) is 0 Å². The first kappa shape index (κ1) is 19.9. The van der Waals surface area contributed by atoms with Gasteiger partial charge in [0.1, 0.15) is 0 Å². The third kappa shape index (κ3) is 11.7. The summed E-state index contributed by atoms with van der Waals surface area (Å²) in [6.07, 6.45) is 6.60. The summed E-state index contributed by atoms with van der Waals surface area (Å²) in [5.74, 6) is 0. The number of likely N-dealkylation sites (N-methyl/N-ethyl adjacent to an activating group) is 1. The molecule has 0 rings (SSSR count). The predicted molar refractivity (Wildman–Crippen MR) is 91.5 cm³/mol. The molecule has 122 valence electrons. The van der Waals surface area contributed by atoms with Gasteiger partial charge in [-0.25, -0.2) is 0 Å². The van der Waals surface area contributed by atoms with Gasteiger partial charge < -0.3 is 15.1 Å². The number of hydrogen-bond acceptors (Lipinski definition) is 3. The number of unbranched alkanes of at least 4 members (excludes halogenated alkanes) is 2. The molecule has 3 nitrogen and oxygen atoms in total. The fourth-order valence-corrected chi connectivity index (χ4v) is 2.43. The minimum absolute atomic E-state index is 1.13. The lowest BCUT2D eigenvalue weighted by atomic mass is 10.2. The van der Waals surface area contributed by atoms with Gasteiger partial charge in [0.05, 0.1) is 0 Å². The van der Waals surface area contributed by atoms with Crippen LogP contribution in [0.5, 0.6) is 0 Å². The lowest BCUT2D eigenvalue weighted by molar-refractivity contribution is 0.258. The second kappa shape index (κ2) is 15.3. The van der Waals surface area contributed by atoms with Gasteiger partial charge in [0.25, 0.3) is 0 Å². The van der Waals surface area contributed by atoms with Gasteiger partial charge in [0.2, 0.25) is 0 Å². The topological polar surface area (TPSA) is 18.5 Å². The molecule has 0 bridgehead atoms. The van der Waals surface area contributed by atoms with E-state index < -0.39 is 0 Å². The summed E-state index contributed by atoms with van der Waals surface area (Å²) in [6.45, 7) is 18.7. The molecule has 0 aliphatic heterocycles. The van der Waals surface area contributed by atoms with Crippen molar-refractivity contribution in [2.45, 2.75) is 59.8 Å². The van der Waals surface area contributed by atoms with Crippen LogP contribution in [-0.4, -0.2) is 62.2 Å². The van der Waals surface area contributed by atoms with Gasteiger partial charge in [0, 0.05) is 13.1 Å². The molecule has 0 aromatic carbocycles. The molecule has 0 aromatic heterocycles. The largest absolute Gasteiger partial charge is 0.315 e. The van der Waals surface area contributed by atoms with Crippen molar-refractivity contribution >= 4 is 0 Å². The Morgan fingerprint density at radius 3 is 1.65 bits per heavy atom. The maximum Gasteiger partial charge on any atom is 0.0107 e. The zero-order valence-corrected chi connectivity index (χ0v) is 14.6. The van der Waals surface area contributed by atoms with Crippen LogP contribution in [0.15, 0.2) is 0 Å².